The van der Waals surface area contributed by atoms with Gasteiger partial charge in [0.1, 0.15) is 91.8 Å². The van der Waals surface area contributed by atoms with Crippen molar-refractivity contribution in [3.05, 3.63) is 355 Å². The lowest BCUT2D eigenvalue weighted by atomic mass is 9.94. The van der Waals surface area contributed by atoms with E-state index < -0.39 is 186 Å². The van der Waals surface area contributed by atoms with E-state index in [1.54, 1.807) is 97.1 Å². The van der Waals surface area contributed by atoms with Gasteiger partial charge in [-0.3, -0.25) is 0 Å². The molecule has 4 saturated heterocycles. The second-order valence-corrected chi connectivity index (χ2v) is 33.0. The molecule has 0 bridgehead atoms. The van der Waals surface area contributed by atoms with Gasteiger partial charge in [-0.25, -0.2) is 87.8 Å². The molecule has 12 aromatic rings. The van der Waals surface area contributed by atoms with Crippen LogP contribution in [0.5, 0.6) is 23.0 Å². The second kappa shape index (κ2) is 42.1. The van der Waals surface area contributed by atoms with Gasteiger partial charge >= 0.3 is 24.4 Å². The molecule has 36 heteroatoms. The summed E-state index contributed by atoms with van der Waals surface area (Å²) in [6.07, 6.45) is -11.5. The highest BCUT2D eigenvalue weighted by atomic mass is 19.3. The van der Waals surface area contributed by atoms with Gasteiger partial charge in [-0.2, -0.15) is 35.1 Å². The van der Waals surface area contributed by atoms with Crippen LogP contribution in [0.3, 0.4) is 0 Å². The van der Waals surface area contributed by atoms with Crippen molar-refractivity contribution in [3.8, 4) is 67.5 Å². The maximum Gasteiger partial charge on any atom is 0.432 e. The van der Waals surface area contributed by atoms with Crippen molar-refractivity contribution in [2.75, 3.05) is 26.4 Å². The molecule has 8 atom stereocenters. The average Bonchev–Trinajstić information content (AvgIpc) is 0.785. The first kappa shape index (κ1) is 101. The predicted molar refractivity (Wildman–Crippen MR) is 439 cm³/mol. The van der Waals surface area contributed by atoms with E-state index in [9.17, 15) is 123 Å². The summed E-state index contributed by atoms with van der Waals surface area (Å²) in [5.41, 5.74) is -1.90. The highest BCUT2D eigenvalue weighted by Crippen LogP contribution is 2.46. The first-order chi connectivity index (χ1) is 64.2. The van der Waals surface area contributed by atoms with Gasteiger partial charge in [0.05, 0.1) is 24.4 Å². The minimum atomic E-state index is -4.64. The third-order valence-electron chi connectivity index (χ3n) is 22.6. The van der Waals surface area contributed by atoms with E-state index in [4.69, 9.17) is 18.9 Å². The van der Waals surface area contributed by atoms with Crippen LogP contribution in [0.2, 0.25) is 0 Å². The molecule has 8 unspecified atom stereocenters. The number of halogens is 28. The molecule has 720 valence electrons. The summed E-state index contributed by atoms with van der Waals surface area (Å²) in [4.78, 5) is 0. The minimum absolute atomic E-state index is 0.00171. The average molecular weight is 1940 g/mol. The van der Waals surface area contributed by atoms with Gasteiger partial charge in [-0.05, 0) is 190 Å². The Bertz CT molecular complexity index is 5320. The lowest BCUT2D eigenvalue weighted by Gasteiger charge is -2.27. The van der Waals surface area contributed by atoms with Crippen LogP contribution in [0.4, 0.5) is 123 Å². The van der Waals surface area contributed by atoms with E-state index in [2.05, 4.69) is 46.6 Å². The molecule has 4 aliphatic rings. The Morgan fingerprint density at radius 3 is 0.478 bits per heavy atom. The molecule has 0 aromatic heterocycles. The van der Waals surface area contributed by atoms with Crippen LogP contribution in [-0.2, 0) is 43.4 Å². The van der Waals surface area contributed by atoms with Gasteiger partial charge in [-0.1, -0.05) is 125 Å². The molecular formula is C100H76F28O8. The van der Waals surface area contributed by atoms with E-state index in [-0.39, 0.29) is 95.2 Å². The zero-order chi connectivity index (χ0) is 98.5. The lowest BCUT2D eigenvalue weighted by Crippen LogP contribution is -2.25. The smallest absolute Gasteiger partial charge is 0.429 e. The van der Waals surface area contributed by atoms with Gasteiger partial charge in [0.25, 0.3) is 0 Å². The van der Waals surface area contributed by atoms with E-state index in [1.165, 1.54) is 0 Å². The molecule has 136 heavy (non-hydrogen) atoms. The van der Waals surface area contributed by atoms with Crippen molar-refractivity contribution >= 4 is 0 Å². The standard InChI is InChI=1S/4C25H19F7O2/c4*1-13-2-7-22(33-12-13)15-5-3-14(4-6-15)16-8-18(26)23(19(27)9-16)25(31,32)34-17-10-20(28)24(30)21(29)11-17/h4*3-6,8-11,13,22H,2,7,12H2,1H3. The monoisotopic (exact) mass is 1940 g/mol. The van der Waals surface area contributed by atoms with Crippen LogP contribution >= 0.6 is 0 Å². The summed E-state index contributed by atoms with van der Waals surface area (Å²) in [5, 5.41) is 0. The molecule has 4 fully saturated rings. The summed E-state index contributed by atoms with van der Waals surface area (Å²) >= 11 is 0. The van der Waals surface area contributed by atoms with E-state index in [0.29, 0.717) is 121 Å². The van der Waals surface area contributed by atoms with Crippen LogP contribution in [-0.4, -0.2) is 26.4 Å². The molecular weight excluding hydrogens is 1860 g/mol. The van der Waals surface area contributed by atoms with Crippen LogP contribution < -0.4 is 18.9 Å². The van der Waals surface area contributed by atoms with Crippen molar-refractivity contribution in [1.29, 1.82) is 0 Å². The highest BCUT2D eigenvalue weighted by molar-refractivity contribution is 5.68. The lowest BCUT2D eigenvalue weighted by molar-refractivity contribution is -0.190. The topological polar surface area (TPSA) is 73.8 Å². The SMILES string of the molecule is CC1CCC(c2ccc(-c3cc(F)c(C(F)(F)Oc4cc(F)c(F)c(F)c4)c(F)c3)cc2)OC1.CC1CCC(c2ccc(-c3cc(F)c(C(F)(F)Oc4cc(F)c(F)c(F)c4)c(F)c3)cc2)OC1.CC1CCC(c2ccc(-c3cc(F)c(C(F)(F)Oc4cc(F)c(F)c(F)c4)c(F)c3)cc2)OC1.CC1CCC(c2ccc(-c3cc(F)c(C(F)(F)Oc4cc(F)c(F)c(F)c4)c(F)c3)cc2)OC1. The highest BCUT2D eigenvalue weighted by Gasteiger charge is 2.46. The zero-order valence-corrected chi connectivity index (χ0v) is 71.4. The Labute approximate surface area is 758 Å². The van der Waals surface area contributed by atoms with Crippen molar-refractivity contribution in [2.24, 2.45) is 23.7 Å². The molecule has 16 rings (SSSR count). The van der Waals surface area contributed by atoms with E-state index >= 15 is 0 Å². The minimum Gasteiger partial charge on any atom is -0.429 e. The van der Waals surface area contributed by atoms with Gasteiger partial charge in [0.2, 0.25) is 0 Å². The number of benzene rings is 12. The Kier molecular flexibility index (Phi) is 31.3. The van der Waals surface area contributed by atoms with Crippen molar-refractivity contribution < 1.29 is 161 Å². The molecule has 0 spiro atoms. The van der Waals surface area contributed by atoms with E-state index in [0.717, 1.165) is 73.6 Å². The molecule has 0 N–H and O–H groups in total. The Hall–Kier alpha value is -12.3. The van der Waals surface area contributed by atoms with Crippen LogP contribution in [0.1, 0.15) is 148 Å². The Morgan fingerprint density at radius 1 is 0.199 bits per heavy atom. The van der Waals surface area contributed by atoms with Gasteiger partial charge in [0.15, 0.2) is 69.8 Å². The summed E-state index contributed by atoms with van der Waals surface area (Å²) < 4.78 is 431. The Balaban J connectivity index is 0.000000153. The van der Waals surface area contributed by atoms with Crippen molar-refractivity contribution in [2.45, 2.75) is 128 Å². The number of rotatable bonds is 20. The number of hydrogen-bond acceptors (Lipinski definition) is 8. The third-order valence-corrected chi connectivity index (χ3v) is 22.6. The maximum atomic E-state index is 14.6. The molecule has 8 nitrogen and oxygen atoms in total. The maximum absolute atomic E-state index is 14.6. The van der Waals surface area contributed by atoms with Gasteiger partial charge in [-0.15, -0.1) is 0 Å². The van der Waals surface area contributed by atoms with Crippen LogP contribution in [0.15, 0.2) is 194 Å². The molecule has 4 heterocycles. The number of alkyl halides is 8. The zero-order valence-electron chi connectivity index (χ0n) is 71.4. The molecule has 12 aromatic carbocycles. The fourth-order valence-electron chi connectivity index (χ4n) is 15.4. The molecule has 0 aliphatic carbocycles. The molecule has 0 saturated carbocycles. The fraction of sp³-hybridized carbons (Fsp3) is 0.280. The van der Waals surface area contributed by atoms with Crippen LogP contribution in [0.25, 0.3) is 44.5 Å². The van der Waals surface area contributed by atoms with Gasteiger partial charge in [0, 0.05) is 75.0 Å². The molecule has 0 radical (unpaired) electrons. The normalized spacial score (nSPS) is 18.7. The molecule has 0 amide bonds. The number of ether oxygens (including phenoxy) is 8. The van der Waals surface area contributed by atoms with Crippen molar-refractivity contribution in [3.63, 3.8) is 0 Å². The quantitative estimate of drug-likeness (QED) is 0.0552. The largest absolute Gasteiger partial charge is 0.432 e. The fourth-order valence-corrected chi connectivity index (χ4v) is 15.4. The summed E-state index contributed by atoms with van der Waals surface area (Å²) in [6, 6.07) is 33.6. The first-order valence-electron chi connectivity index (χ1n) is 41.9. The van der Waals surface area contributed by atoms with Crippen LogP contribution in [0, 0.1) is 140 Å². The first-order valence-corrected chi connectivity index (χ1v) is 41.9. The Morgan fingerprint density at radius 2 is 0.346 bits per heavy atom. The molecule has 4 aliphatic heterocycles. The summed E-state index contributed by atoms with van der Waals surface area (Å²) in [7, 11) is 0. The third kappa shape index (κ3) is 24.0. The van der Waals surface area contributed by atoms with E-state index in [1.807, 2.05) is 0 Å². The summed E-state index contributed by atoms with van der Waals surface area (Å²) in [6.45, 7) is 10.9. The number of hydrogen-bond donors (Lipinski definition) is 0. The second-order valence-electron chi connectivity index (χ2n) is 33.0. The predicted octanol–water partition coefficient (Wildman–Crippen LogP) is 30.7. The van der Waals surface area contributed by atoms with Crippen molar-refractivity contribution in [1.82, 2.24) is 0 Å². The summed E-state index contributed by atoms with van der Waals surface area (Å²) in [5.74, 6) is -37.6. The van der Waals surface area contributed by atoms with Gasteiger partial charge < -0.3 is 37.9 Å².